The van der Waals surface area contributed by atoms with E-state index in [0.717, 1.165) is 10.6 Å². The van der Waals surface area contributed by atoms with Gasteiger partial charge in [0.25, 0.3) is 5.91 Å². The van der Waals surface area contributed by atoms with E-state index >= 15 is 0 Å². The topological polar surface area (TPSA) is 117 Å². The summed E-state index contributed by atoms with van der Waals surface area (Å²) in [7, 11) is -2.43. The van der Waals surface area contributed by atoms with E-state index in [1.165, 1.54) is 23.8 Å². The van der Waals surface area contributed by atoms with Crippen LogP contribution in [0.4, 0.5) is 0 Å². The minimum Gasteiger partial charge on any atom is -0.461 e. The number of hydrogen-bond donors (Lipinski definition) is 1. The molecule has 0 fully saturated rings. The molecule has 10 nitrogen and oxygen atoms in total. The van der Waals surface area contributed by atoms with Crippen LogP contribution in [0.2, 0.25) is 18.1 Å². The maximum Gasteiger partial charge on any atom is 0.337 e. The number of hydrogen-bond acceptors (Lipinski definition) is 7. The number of rotatable bonds is 11. The summed E-state index contributed by atoms with van der Waals surface area (Å²) < 4.78 is 12.0. The third-order valence-corrected chi connectivity index (χ3v) is 13.1. The van der Waals surface area contributed by atoms with Gasteiger partial charge in [-0.25, -0.2) is 14.8 Å². The predicted molar refractivity (Wildman–Crippen MR) is 179 cm³/mol. The minimum absolute atomic E-state index is 0.0255. The molecule has 0 aromatic heterocycles. The largest absolute Gasteiger partial charge is 0.461 e. The van der Waals surface area contributed by atoms with Gasteiger partial charge in [0, 0.05) is 25.6 Å². The highest BCUT2D eigenvalue weighted by molar-refractivity contribution is 6.74. The van der Waals surface area contributed by atoms with Crippen LogP contribution in [-0.4, -0.2) is 82.4 Å². The Hall–Kier alpha value is -3.80. The Kier molecular flexibility index (Phi) is 11.7. The van der Waals surface area contributed by atoms with Gasteiger partial charge < -0.3 is 19.2 Å². The normalized spacial score (nSPS) is 17.7. The summed E-state index contributed by atoms with van der Waals surface area (Å²) in [4.78, 5) is 56.4. The number of carbonyl (C=O) groups excluding carboxylic acids is 4. The van der Waals surface area contributed by atoms with Crippen molar-refractivity contribution in [1.82, 2.24) is 14.9 Å². The molecule has 1 heterocycles. The standard InChI is InChI=1S/C35H49N3O7Si/c1-23(2)44-34(43)32(41)29(21-27-17-13-11-14-18-27)37(26(5)40)38-30(28-19-15-12-16-20-28)22-36(25(4)39)31(33(38)42)24(3)45-46(9,10)35(6,7)8/h11-20,22-24,29,31-32,41H,21H2,1-10H3/t24?,29-,31?,32?/m0/s1. The van der Waals surface area contributed by atoms with E-state index in [4.69, 9.17) is 9.16 Å². The van der Waals surface area contributed by atoms with Gasteiger partial charge in [-0.2, -0.15) is 0 Å². The van der Waals surface area contributed by atoms with Crippen LogP contribution in [0.25, 0.3) is 5.70 Å². The van der Waals surface area contributed by atoms with Crippen LogP contribution in [-0.2, 0) is 34.8 Å². The lowest BCUT2D eigenvalue weighted by molar-refractivity contribution is -0.179. The maximum atomic E-state index is 14.9. The zero-order valence-corrected chi connectivity index (χ0v) is 29.7. The molecule has 0 aliphatic carbocycles. The summed E-state index contributed by atoms with van der Waals surface area (Å²) in [5, 5.41) is 13.7. The lowest BCUT2D eigenvalue weighted by Gasteiger charge is -2.49. The summed E-state index contributed by atoms with van der Waals surface area (Å²) in [6.45, 7) is 18.1. The second-order valence-corrected chi connectivity index (χ2v) is 18.3. The third-order valence-electron chi connectivity index (χ3n) is 8.51. The van der Waals surface area contributed by atoms with Gasteiger partial charge in [-0.1, -0.05) is 81.4 Å². The first-order valence-electron chi connectivity index (χ1n) is 15.7. The van der Waals surface area contributed by atoms with Gasteiger partial charge in [-0.05, 0) is 50.9 Å². The van der Waals surface area contributed by atoms with Crippen LogP contribution in [0.15, 0.2) is 66.9 Å². The van der Waals surface area contributed by atoms with Gasteiger partial charge in [0.15, 0.2) is 14.4 Å². The third kappa shape index (κ3) is 8.31. The molecule has 2 aromatic carbocycles. The molecule has 3 rings (SSSR count). The van der Waals surface area contributed by atoms with Crippen LogP contribution in [0.5, 0.6) is 0 Å². The first-order valence-corrected chi connectivity index (χ1v) is 18.6. The Morgan fingerprint density at radius 2 is 1.50 bits per heavy atom. The van der Waals surface area contributed by atoms with E-state index in [0.29, 0.717) is 5.56 Å². The summed E-state index contributed by atoms with van der Waals surface area (Å²) in [5.74, 6) is -2.51. The lowest BCUT2D eigenvalue weighted by atomic mass is 9.99. The Balaban J connectivity index is 2.28. The number of aliphatic hydroxyl groups is 1. The Morgan fingerprint density at radius 3 is 1.98 bits per heavy atom. The van der Waals surface area contributed by atoms with Crippen LogP contribution in [0, 0.1) is 0 Å². The van der Waals surface area contributed by atoms with Crippen molar-refractivity contribution in [1.29, 1.82) is 0 Å². The molecule has 0 radical (unpaired) electrons. The smallest absolute Gasteiger partial charge is 0.337 e. The molecular formula is C35H49N3O7Si. The number of aliphatic hydroxyl groups excluding tert-OH is 1. The fourth-order valence-electron chi connectivity index (χ4n) is 5.25. The summed E-state index contributed by atoms with van der Waals surface area (Å²) >= 11 is 0. The van der Waals surface area contributed by atoms with Crippen molar-refractivity contribution in [2.75, 3.05) is 0 Å². The van der Waals surface area contributed by atoms with E-state index in [-0.39, 0.29) is 23.1 Å². The molecule has 250 valence electrons. The van der Waals surface area contributed by atoms with Gasteiger partial charge in [0.1, 0.15) is 6.04 Å². The molecular weight excluding hydrogens is 602 g/mol. The number of benzene rings is 2. The molecule has 4 atom stereocenters. The van der Waals surface area contributed by atoms with Crippen molar-refractivity contribution in [2.45, 2.75) is 110 Å². The highest BCUT2D eigenvalue weighted by Gasteiger charge is 2.50. The monoisotopic (exact) mass is 651 g/mol. The average Bonchev–Trinajstić information content (AvgIpc) is 2.96. The Morgan fingerprint density at radius 1 is 0.957 bits per heavy atom. The quantitative estimate of drug-likeness (QED) is 0.264. The fraction of sp³-hybridized carbons (Fsp3) is 0.486. The van der Waals surface area contributed by atoms with Crippen LogP contribution in [0.1, 0.15) is 66.5 Å². The fourth-order valence-corrected chi connectivity index (χ4v) is 6.66. The van der Waals surface area contributed by atoms with Crippen molar-refractivity contribution >= 4 is 37.7 Å². The van der Waals surface area contributed by atoms with Crippen LogP contribution >= 0.6 is 0 Å². The number of hydrazine groups is 1. The molecule has 1 aliphatic heterocycles. The van der Waals surface area contributed by atoms with Crippen LogP contribution in [0.3, 0.4) is 0 Å². The highest BCUT2D eigenvalue weighted by atomic mass is 28.4. The van der Waals surface area contributed by atoms with Gasteiger partial charge in [0.05, 0.1) is 23.9 Å². The van der Waals surface area contributed by atoms with Crippen molar-refractivity contribution in [3.63, 3.8) is 0 Å². The van der Waals surface area contributed by atoms with Gasteiger partial charge in [0.2, 0.25) is 11.8 Å². The molecule has 2 aromatic rings. The summed E-state index contributed by atoms with van der Waals surface area (Å²) in [6.07, 6.45) is -1.52. The number of nitrogens with zero attached hydrogens (tertiary/aromatic N) is 3. The lowest BCUT2D eigenvalue weighted by Crippen LogP contribution is -2.66. The summed E-state index contributed by atoms with van der Waals surface area (Å²) in [5.41, 5.74) is 1.50. The van der Waals surface area contributed by atoms with E-state index in [1.54, 1.807) is 51.2 Å². The van der Waals surface area contributed by atoms with E-state index < -0.39 is 56.5 Å². The number of amides is 3. The van der Waals surface area contributed by atoms with E-state index in [2.05, 4.69) is 33.9 Å². The molecule has 46 heavy (non-hydrogen) atoms. The molecule has 0 bridgehead atoms. The zero-order valence-electron chi connectivity index (χ0n) is 28.7. The Labute approximate surface area is 274 Å². The van der Waals surface area contributed by atoms with Gasteiger partial charge in [-0.15, -0.1) is 0 Å². The Bertz CT molecular complexity index is 1420. The SMILES string of the molecule is CC(=O)N1C=C(c2ccccc2)N(N(C(C)=O)[C@@H](Cc2ccccc2)C(O)C(=O)OC(C)C)C(=O)C1C(C)O[Si](C)(C)C(C)(C)C. The van der Waals surface area contributed by atoms with Gasteiger partial charge >= 0.3 is 5.97 Å². The highest BCUT2D eigenvalue weighted by Crippen LogP contribution is 2.39. The summed E-state index contributed by atoms with van der Waals surface area (Å²) in [6, 6.07) is 15.6. The van der Waals surface area contributed by atoms with Crippen molar-refractivity contribution < 1.29 is 33.4 Å². The number of esters is 1. The second-order valence-electron chi connectivity index (χ2n) is 13.5. The van der Waals surface area contributed by atoms with Gasteiger partial charge in [-0.3, -0.25) is 14.4 Å². The molecule has 0 spiro atoms. The molecule has 0 saturated heterocycles. The van der Waals surface area contributed by atoms with Crippen LogP contribution < -0.4 is 0 Å². The van der Waals surface area contributed by atoms with E-state index in [1.807, 2.05) is 36.4 Å². The maximum absolute atomic E-state index is 14.9. The molecule has 11 heteroatoms. The minimum atomic E-state index is -2.43. The number of ether oxygens (including phenoxy) is 1. The molecule has 1 aliphatic rings. The van der Waals surface area contributed by atoms with Crippen molar-refractivity contribution in [2.24, 2.45) is 0 Å². The number of carbonyl (C=O) groups is 4. The van der Waals surface area contributed by atoms with E-state index in [9.17, 15) is 24.3 Å². The molecule has 3 amide bonds. The molecule has 1 N–H and O–H groups in total. The predicted octanol–water partition coefficient (Wildman–Crippen LogP) is 5.14. The second kappa shape index (κ2) is 14.7. The first kappa shape index (κ1) is 36.7. The van der Waals surface area contributed by atoms with Crippen molar-refractivity contribution in [3.05, 3.63) is 78.0 Å². The zero-order chi connectivity index (χ0) is 34.6. The molecule has 3 unspecified atom stereocenters. The van der Waals surface area contributed by atoms with Crippen molar-refractivity contribution in [3.8, 4) is 0 Å². The molecule has 0 saturated carbocycles. The average molecular weight is 652 g/mol. The first-order chi connectivity index (χ1) is 21.4.